The summed E-state index contributed by atoms with van der Waals surface area (Å²) in [7, 11) is 0. The zero-order chi connectivity index (χ0) is 12.1. The molecule has 1 saturated carbocycles. The highest BCUT2D eigenvalue weighted by Gasteiger charge is 2.15. The molecule has 0 amide bonds. The molecule has 0 unspecified atom stereocenters. The van der Waals surface area contributed by atoms with Crippen LogP contribution in [0.1, 0.15) is 39.0 Å². The van der Waals surface area contributed by atoms with Crippen LogP contribution < -0.4 is 10.5 Å². The molecule has 0 radical (unpaired) electrons. The van der Waals surface area contributed by atoms with Crippen molar-refractivity contribution in [1.82, 2.24) is 0 Å². The Morgan fingerprint density at radius 2 is 2.00 bits per heavy atom. The summed E-state index contributed by atoms with van der Waals surface area (Å²) in [5.74, 6) is 0.894. The third-order valence-electron chi connectivity index (χ3n) is 3.07. The van der Waals surface area contributed by atoms with Crippen LogP contribution in [0.5, 0.6) is 5.75 Å². The topological polar surface area (TPSA) is 35.2 Å². The van der Waals surface area contributed by atoms with Gasteiger partial charge in [-0.25, -0.2) is 0 Å². The van der Waals surface area contributed by atoms with Gasteiger partial charge in [0.15, 0.2) is 0 Å². The number of anilines is 1. The summed E-state index contributed by atoms with van der Waals surface area (Å²) in [6.45, 7) is 2.69. The van der Waals surface area contributed by atoms with E-state index in [1.54, 1.807) is 0 Å². The van der Waals surface area contributed by atoms with Gasteiger partial charge in [0.1, 0.15) is 5.75 Å². The Kier molecular flexibility index (Phi) is 4.60. The first-order valence-corrected chi connectivity index (χ1v) is 7.36. The average Bonchev–Trinajstić information content (AvgIpc) is 2.30. The molecule has 0 aliphatic heterocycles. The highest BCUT2D eigenvalue weighted by atomic mass is 32.2. The molecular weight excluding hydrogens is 230 g/mol. The van der Waals surface area contributed by atoms with Crippen molar-refractivity contribution in [2.75, 3.05) is 12.3 Å². The van der Waals surface area contributed by atoms with E-state index in [4.69, 9.17) is 10.5 Å². The van der Waals surface area contributed by atoms with E-state index in [1.165, 1.54) is 37.0 Å². The Balaban J connectivity index is 2.03. The molecule has 0 aromatic heterocycles. The first-order valence-electron chi connectivity index (χ1n) is 6.48. The van der Waals surface area contributed by atoms with E-state index in [0.717, 1.165) is 16.7 Å². The van der Waals surface area contributed by atoms with Crippen molar-refractivity contribution in [3.05, 3.63) is 18.2 Å². The number of thioether (sulfide) groups is 1. The molecule has 1 fully saturated rings. The lowest BCUT2D eigenvalue weighted by Crippen LogP contribution is -2.07. The number of hydrogen-bond acceptors (Lipinski definition) is 3. The Bertz CT molecular complexity index is 361. The van der Waals surface area contributed by atoms with Gasteiger partial charge in [0.05, 0.1) is 6.61 Å². The van der Waals surface area contributed by atoms with Gasteiger partial charge < -0.3 is 10.5 Å². The van der Waals surface area contributed by atoms with Crippen LogP contribution in [-0.2, 0) is 0 Å². The van der Waals surface area contributed by atoms with Crippen LogP contribution in [0.2, 0.25) is 0 Å². The summed E-state index contributed by atoms with van der Waals surface area (Å²) >= 11 is 1.96. The van der Waals surface area contributed by atoms with Crippen LogP contribution in [0.3, 0.4) is 0 Å². The highest BCUT2D eigenvalue weighted by Crippen LogP contribution is 2.36. The van der Waals surface area contributed by atoms with E-state index < -0.39 is 0 Å². The minimum Gasteiger partial charge on any atom is -0.494 e. The second-order valence-electron chi connectivity index (χ2n) is 4.55. The SMILES string of the molecule is CCOc1cc(N)cc(SC2CCCCC2)c1. The third-order valence-corrected chi connectivity index (χ3v) is 4.38. The number of nitrogens with two attached hydrogens (primary N) is 1. The van der Waals surface area contributed by atoms with Gasteiger partial charge in [-0.05, 0) is 31.9 Å². The summed E-state index contributed by atoms with van der Waals surface area (Å²) < 4.78 is 5.52. The van der Waals surface area contributed by atoms with E-state index in [2.05, 4.69) is 12.1 Å². The quantitative estimate of drug-likeness (QED) is 0.818. The molecule has 2 nitrogen and oxygen atoms in total. The monoisotopic (exact) mass is 251 g/mol. The zero-order valence-electron chi connectivity index (χ0n) is 10.4. The van der Waals surface area contributed by atoms with Crippen LogP contribution in [-0.4, -0.2) is 11.9 Å². The number of hydrogen-bond donors (Lipinski definition) is 1. The number of ether oxygens (including phenoxy) is 1. The summed E-state index contributed by atoms with van der Waals surface area (Å²) in [5, 5.41) is 0.764. The molecule has 2 rings (SSSR count). The molecule has 0 heterocycles. The molecule has 2 N–H and O–H groups in total. The maximum atomic E-state index is 5.90. The predicted molar refractivity (Wildman–Crippen MR) is 74.8 cm³/mol. The lowest BCUT2D eigenvalue weighted by Gasteiger charge is -2.21. The molecule has 94 valence electrons. The first kappa shape index (κ1) is 12.6. The molecule has 1 aromatic rings. The maximum Gasteiger partial charge on any atom is 0.122 e. The van der Waals surface area contributed by atoms with Crippen molar-refractivity contribution in [3.8, 4) is 5.75 Å². The van der Waals surface area contributed by atoms with Gasteiger partial charge in [-0.1, -0.05) is 19.3 Å². The molecule has 17 heavy (non-hydrogen) atoms. The van der Waals surface area contributed by atoms with E-state index >= 15 is 0 Å². The van der Waals surface area contributed by atoms with Crippen molar-refractivity contribution in [2.24, 2.45) is 0 Å². The zero-order valence-corrected chi connectivity index (χ0v) is 11.3. The van der Waals surface area contributed by atoms with Crippen molar-refractivity contribution < 1.29 is 4.74 Å². The Hall–Kier alpha value is -0.830. The Labute approximate surface area is 108 Å². The molecule has 1 aliphatic rings. The lowest BCUT2D eigenvalue weighted by molar-refractivity contribution is 0.339. The van der Waals surface area contributed by atoms with Crippen molar-refractivity contribution >= 4 is 17.4 Å². The minimum absolute atomic E-state index is 0.691. The van der Waals surface area contributed by atoms with Crippen LogP contribution in [0, 0.1) is 0 Å². The summed E-state index contributed by atoms with van der Waals surface area (Å²) in [6.07, 6.45) is 6.82. The van der Waals surface area contributed by atoms with E-state index in [0.29, 0.717) is 6.61 Å². The highest BCUT2D eigenvalue weighted by molar-refractivity contribution is 8.00. The van der Waals surface area contributed by atoms with E-state index in [9.17, 15) is 0 Å². The molecule has 1 aliphatic carbocycles. The standard InChI is InChI=1S/C14H21NOS/c1-2-16-12-8-11(15)9-14(10-12)17-13-6-4-3-5-7-13/h8-10,13H,2-7,15H2,1H3. The van der Waals surface area contributed by atoms with Crippen LogP contribution in [0.15, 0.2) is 23.1 Å². The van der Waals surface area contributed by atoms with Crippen molar-refractivity contribution in [1.29, 1.82) is 0 Å². The molecule has 0 atom stereocenters. The molecule has 0 bridgehead atoms. The maximum absolute atomic E-state index is 5.90. The summed E-state index contributed by atoms with van der Waals surface area (Å²) in [5.41, 5.74) is 6.70. The minimum atomic E-state index is 0.691. The second kappa shape index (κ2) is 6.20. The Morgan fingerprint density at radius 3 is 2.71 bits per heavy atom. The van der Waals surface area contributed by atoms with Crippen LogP contribution in [0.4, 0.5) is 5.69 Å². The average molecular weight is 251 g/mol. The lowest BCUT2D eigenvalue weighted by atomic mass is 10.0. The molecule has 0 saturated heterocycles. The fourth-order valence-corrected chi connectivity index (χ4v) is 3.63. The largest absolute Gasteiger partial charge is 0.494 e. The molecule has 1 aromatic carbocycles. The van der Waals surface area contributed by atoms with Crippen LogP contribution in [0.25, 0.3) is 0 Å². The van der Waals surface area contributed by atoms with Crippen molar-refractivity contribution in [2.45, 2.75) is 49.2 Å². The van der Waals surface area contributed by atoms with Gasteiger partial charge in [0, 0.05) is 21.9 Å². The number of rotatable bonds is 4. The number of nitrogen functional groups attached to an aromatic ring is 1. The van der Waals surface area contributed by atoms with E-state index in [-0.39, 0.29) is 0 Å². The van der Waals surface area contributed by atoms with Gasteiger partial charge in [0.25, 0.3) is 0 Å². The third kappa shape index (κ3) is 3.84. The molecular formula is C14H21NOS. The van der Waals surface area contributed by atoms with Gasteiger partial charge in [-0.2, -0.15) is 0 Å². The first-order chi connectivity index (χ1) is 8.28. The van der Waals surface area contributed by atoms with Gasteiger partial charge in [-0.15, -0.1) is 11.8 Å². The fraction of sp³-hybridized carbons (Fsp3) is 0.571. The summed E-state index contributed by atoms with van der Waals surface area (Å²) in [6, 6.07) is 6.06. The Morgan fingerprint density at radius 1 is 1.24 bits per heavy atom. The van der Waals surface area contributed by atoms with Gasteiger partial charge >= 0.3 is 0 Å². The smallest absolute Gasteiger partial charge is 0.122 e. The predicted octanol–water partition coefficient (Wildman–Crippen LogP) is 4.09. The number of benzene rings is 1. The summed E-state index contributed by atoms with van der Waals surface area (Å²) in [4.78, 5) is 1.25. The fourth-order valence-electron chi connectivity index (χ4n) is 2.29. The normalized spacial score (nSPS) is 17.0. The van der Waals surface area contributed by atoms with E-state index in [1.807, 2.05) is 24.8 Å². The second-order valence-corrected chi connectivity index (χ2v) is 5.92. The van der Waals surface area contributed by atoms with Gasteiger partial charge in [0.2, 0.25) is 0 Å². The molecule has 3 heteroatoms. The van der Waals surface area contributed by atoms with Crippen molar-refractivity contribution in [3.63, 3.8) is 0 Å². The van der Waals surface area contributed by atoms with Gasteiger partial charge in [-0.3, -0.25) is 0 Å². The molecule has 0 spiro atoms. The van der Waals surface area contributed by atoms with Crippen LogP contribution >= 0.6 is 11.8 Å².